The molecule has 1 atom stereocenters. The molecule has 0 aliphatic rings. The molecule has 2 N–H and O–H groups in total. The van der Waals surface area contributed by atoms with Gasteiger partial charge >= 0.3 is 0 Å². The van der Waals surface area contributed by atoms with E-state index in [4.69, 9.17) is 0 Å². The van der Waals surface area contributed by atoms with Crippen LogP contribution >= 0.6 is 0 Å². The number of likely N-dealkylation sites (N-methyl/N-ethyl adjacent to an activating group) is 1. The number of halogens is 2. The number of hydrogen-bond donors (Lipinski definition) is 2. The van der Waals surface area contributed by atoms with E-state index in [9.17, 15) is 18.4 Å². The lowest BCUT2D eigenvalue weighted by Crippen LogP contribution is -2.42. The van der Waals surface area contributed by atoms with E-state index in [1.807, 2.05) is 11.8 Å². The van der Waals surface area contributed by atoms with E-state index in [1.165, 1.54) is 6.07 Å². The van der Waals surface area contributed by atoms with Crippen LogP contribution in [0.4, 0.5) is 14.5 Å². The average molecular weight is 386 g/mol. The number of anilines is 1. The van der Waals surface area contributed by atoms with Gasteiger partial charge in [0.05, 0.1) is 23.5 Å². The molecule has 3 aromatic rings. The van der Waals surface area contributed by atoms with Crippen molar-refractivity contribution in [2.45, 2.75) is 26.4 Å². The fourth-order valence-corrected chi connectivity index (χ4v) is 2.91. The molecule has 6 nitrogen and oxygen atoms in total. The number of rotatable bonds is 6. The Morgan fingerprint density at radius 3 is 2.68 bits per heavy atom. The Bertz CT molecular complexity index is 1070. The van der Waals surface area contributed by atoms with Crippen LogP contribution in [0.25, 0.3) is 10.9 Å². The molecule has 0 bridgehead atoms. The number of H-pyrrole nitrogens is 1. The first-order valence-corrected chi connectivity index (χ1v) is 8.87. The number of aromatic amines is 1. The maximum absolute atomic E-state index is 13.3. The molecule has 3 rings (SSSR count). The van der Waals surface area contributed by atoms with Crippen molar-refractivity contribution in [2.75, 3.05) is 11.9 Å². The van der Waals surface area contributed by atoms with Crippen molar-refractivity contribution in [3.8, 4) is 0 Å². The van der Waals surface area contributed by atoms with Crippen LogP contribution in [0.2, 0.25) is 0 Å². The molecule has 1 heterocycles. The molecule has 0 radical (unpaired) electrons. The maximum Gasteiger partial charge on any atom is 0.258 e. The lowest BCUT2D eigenvalue weighted by atomic mass is 10.2. The summed E-state index contributed by atoms with van der Waals surface area (Å²) in [6, 6.07) is 9.60. The van der Waals surface area contributed by atoms with E-state index in [0.29, 0.717) is 23.3 Å². The summed E-state index contributed by atoms with van der Waals surface area (Å²) < 4.78 is 26.4. The average Bonchev–Trinajstić information content (AvgIpc) is 2.68. The Labute approximate surface area is 160 Å². The molecule has 0 saturated heterocycles. The fraction of sp³-hybridized carbons (Fsp3) is 0.250. The van der Waals surface area contributed by atoms with E-state index in [1.54, 1.807) is 31.2 Å². The Kier molecular flexibility index (Phi) is 5.79. The number of hydrogen-bond acceptors (Lipinski definition) is 4. The third-order valence-electron chi connectivity index (χ3n) is 4.54. The first-order valence-electron chi connectivity index (χ1n) is 8.87. The Morgan fingerprint density at radius 1 is 1.21 bits per heavy atom. The summed E-state index contributed by atoms with van der Waals surface area (Å²) in [7, 11) is 0. The van der Waals surface area contributed by atoms with Gasteiger partial charge in [0.1, 0.15) is 5.82 Å². The van der Waals surface area contributed by atoms with Crippen LogP contribution in [0.3, 0.4) is 0 Å². The minimum Gasteiger partial charge on any atom is -0.325 e. The van der Waals surface area contributed by atoms with Gasteiger partial charge in [-0.1, -0.05) is 19.1 Å². The first-order chi connectivity index (χ1) is 13.4. The van der Waals surface area contributed by atoms with Crippen molar-refractivity contribution >= 4 is 22.5 Å². The number of amides is 1. The second-order valence-electron chi connectivity index (χ2n) is 6.39. The van der Waals surface area contributed by atoms with E-state index < -0.39 is 17.7 Å². The standard InChI is InChI=1S/C20H20F2N4O2/c1-3-26(11-18-24-17-7-5-4-6-14(17)20(28)25-18)12(2)19(27)23-13-8-9-15(21)16(22)10-13/h4-10,12H,3,11H2,1-2H3,(H,23,27)(H,24,25,28). The van der Waals surface area contributed by atoms with E-state index in [-0.39, 0.29) is 23.7 Å². The highest BCUT2D eigenvalue weighted by Gasteiger charge is 2.21. The monoisotopic (exact) mass is 386 g/mol. The van der Waals surface area contributed by atoms with Crippen molar-refractivity contribution in [3.05, 3.63) is 70.3 Å². The second kappa shape index (κ2) is 8.26. The molecule has 0 aliphatic carbocycles. The van der Waals surface area contributed by atoms with Gasteiger partial charge in [0.2, 0.25) is 5.91 Å². The number of nitrogens with zero attached hydrogens (tertiary/aromatic N) is 2. The highest BCUT2D eigenvalue weighted by Crippen LogP contribution is 2.15. The van der Waals surface area contributed by atoms with Crippen LogP contribution in [0, 0.1) is 11.6 Å². The zero-order valence-corrected chi connectivity index (χ0v) is 15.5. The third kappa shape index (κ3) is 4.23. The largest absolute Gasteiger partial charge is 0.325 e. The van der Waals surface area contributed by atoms with E-state index in [0.717, 1.165) is 12.1 Å². The van der Waals surface area contributed by atoms with Crippen LogP contribution in [0.15, 0.2) is 47.3 Å². The number of carbonyl (C=O) groups is 1. The summed E-state index contributed by atoms with van der Waals surface area (Å²) in [5, 5.41) is 3.07. The predicted octanol–water partition coefficient (Wildman–Crippen LogP) is 3.05. The second-order valence-corrected chi connectivity index (χ2v) is 6.39. The number of carbonyl (C=O) groups excluding carboxylic acids is 1. The Morgan fingerprint density at radius 2 is 1.96 bits per heavy atom. The smallest absolute Gasteiger partial charge is 0.258 e. The van der Waals surface area contributed by atoms with Gasteiger partial charge in [-0.25, -0.2) is 13.8 Å². The van der Waals surface area contributed by atoms with Crippen LogP contribution in [0.1, 0.15) is 19.7 Å². The SMILES string of the molecule is CCN(Cc1nc2ccccc2c(=O)[nH]1)C(C)C(=O)Nc1ccc(F)c(F)c1. The molecule has 0 aliphatic heterocycles. The van der Waals surface area contributed by atoms with Crippen LogP contribution in [-0.2, 0) is 11.3 Å². The third-order valence-corrected chi connectivity index (χ3v) is 4.54. The van der Waals surface area contributed by atoms with Crippen LogP contribution in [0.5, 0.6) is 0 Å². The number of nitrogens with one attached hydrogen (secondary N) is 2. The van der Waals surface area contributed by atoms with Crippen LogP contribution < -0.4 is 10.9 Å². The van der Waals surface area contributed by atoms with E-state index >= 15 is 0 Å². The summed E-state index contributed by atoms with van der Waals surface area (Å²) in [4.78, 5) is 33.7. The predicted molar refractivity (Wildman–Crippen MR) is 103 cm³/mol. The van der Waals surface area contributed by atoms with Crippen molar-refractivity contribution in [1.29, 1.82) is 0 Å². The minimum atomic E-state index is -1.03. The van der Waals surface area contributed by atoms with Crippen molar-refractivity contribution < 1.29 is 13.6 Å². The Balaban J connectivity index is 1.76. The summed E-state index contributed by atoms with van der Waals surface area (Å²) in [6.45, 7) is 4.34. The van der Waals surface area contributed by atoms with Gasteiger partial charge in [-0.05, 0) is 37.7 Å². The first kappa shape index (κ1) is 19.6. The lowest BCUT2D eigenvalue weighted by molar-refractivity contribution is -0.120. The van der Waals surface area contributed by atoms with Crippen LogP contribution in [-0.4, -0.2) is 33.4 Å². The maximum atomic E-state index is 13.3. The lowest BCUT2D eigenvalue weighted by Gasteiger charge is -2.26. The molecule has 0 spiro atoms. The molecule has 146 valence electrons. The number of para-hydroxylation sites is 1. The quantitative estimate of drug-likeness (QED) is 0.683. The molecule has 0 fully saturated rings. The summed E-state index contributed by atoms with van der Waals surface area (Å²) in [5.74, 6) is -1.95. The Hall–Kier alpha value is -3.13. The molecule has 1 aromatic heterocycles. The van der Waals surface area contributed by atoms with Gasteiger partial charge in [0.25, 0.3) is 5.56 Å². The molecular weight excluding hydrogens is 366 g/mol. The topological polar surface area (TPSA) is 78.1 Å². The molecule has 8 heteroatoms. The van der Waals surface area contributed by atoms with Gasteiger partial charge < -0.3 is 10.3 Å². The highest BCUT2D eigenvalue weighted by atomic mass is 19.2. The van der Waals surface area contributed by atoms with Crippen molar-refractivity contribution in [1.82, 2.24) is 14.9 Å². The normalized spacial score (nSPS) is 12.3. The number of fused-ring (bicyclic) bond motifs is 1. The van der Waals surface area contributed by atoms with E-state index in [2.05, 4.69) is 15.3 Å². The summed E-state index contributed by atoms with van der Waals surface area (Å²) in [5.41, 5.74) is 0.510. The van der Waals surface area contributed by atoms with Gasteiger partial charge in [0, 0.05) is 11.8 Å². The number of aromatic nitrogens is 2. The van der Waals surface area contributed by atoms with Gasteiger partial charge in [0.15, 0.2) is 11.6 Å². The molecule has 2 aromatic carbocycles. The fourth-order valence-electron chi connectivity index (χ4n) is 2.91. The van der Waals surface area contributed by atoms with Crippen molar-refractivity contribution in [2.24, 2.45) is 0 Å². The van der Waals surface area contributed by atoms with Gasteiger partial charge in [-0.3, -0.25) is 14.5 Å². The summed E-state index contributed by atoms with van der Waals surface area (Å²) in [6.07, 6.45) is 0. The number of benzene rings is 2. The minimum absolute atomic E-state index is 0.170. The van der Waals surface area contributed by atoms with Gasteiger partial charge in [-0.2, -0.15) is 0 Å². The molecule has 1 unspecified atom stereocenters. The molecule has 1 amide bonds. The molecular formula is C20H20F2N4O2. The van der Waals surface area contributed by atoms with Gasteiger partial charge in [-0.15, -0.1) is 0 Å². The summed E-state index contributed by atoms with van der Waals surface area (Å²) >= 11 is 0. The highest BCUT2D eigenvalue weighted by molar-refractivity contribution is 5.94. The molecule has 28 heavy (non-hydrogen) atoms. The zero-order chi connectivity index (χ0) is 20.3. The molecule has 0 saturated carbocycles. The zero-order valence-electron chi connectivity index (χ0n) is 15.5. The van der Waals surface area contributed by atoms with Crippen molar-refractivity contribution in [3.63, 3.8) is 0 Å².